The fourth-order valence-electron chi connectivity index (χ4n) is 1.96. The van der Waals surface area contributed by atoms with Crippen molar-refractivity contribution in [3.05, 3.63) is 57.0 Å². The van der Waals surface area contributed by atoms with Gasteiger partial charge in [-0.05, 0) is 24.3 Å². The number of hydrogen-bond donors (Lipinski definition) is 2. The fraction of sp³-hybridized carbons (Fsp3) is 0. The third-order valence-electron chi connectivity index (χ3n) is 2.70. The topological polar surface area (TPSA) is 65.7 Å². The molecule has 0 saturated heterocycles. The molecule has 0 fully saturated rings. The Morgan fingerprint density at radius 1 is 1.00 bits per heavy atom. The van der Waals surface area contributed by atoms with Crippen LogP contribution in [-0.2, 0) is 0 Å². The molecule has 3 rings (SSSR count). The van der Waals surface area contributed by atoms with Gasteiger partial charge in [0.15, 0.2) is 0 Å². The Morgan fingerprint density at radius 3 is 2.65 bits per heavy atom. The molecule has 3 aromatic rings. The van der Waals surface area contributed by atoms with Gasteiger partial charge in [0.2, 0.25) is 0 Å². The summed E-state index contributed by atoms with van der Waals surface area (Å²) in [5.41, 5.74) is -0.288. The first-order valence-corrected chi connectivity index (χ1v) is 5.00. The Morgan fingerprint density at radius 2 is 1.82 bits per heavy atom. The number of H-pyrrole nitrogens is 2. The maximum atomic E-state index is 13.2. The molecule has 0 aliphatic rings. The molecule has 0 aliphatic heterocycles. The minimum Gasteiger partial charge on any atom is -0.328 e. The first-order chi connectivity index (χ1) is 8.16. The van der Waals surface area contributed by atoms with E-state index >= 15 is 0 Å². The van der Waals surface area contributed by atoms with Gasteiger partial charge in [-0.3, -0.25) is 9.59 Å². The van der Waals surface area contributed by atoms with E-state index in [1.54, 1.807) is 6.07 Å². The van der Waals surface area contributed by atoms with E-state index in [0.717, 1.165) is 0 Å². The Labute approximate surface area is 93.7 Å². The van der Waals surface area contributed by atoms with Gasteiger partial charge in [0.25, 0.3) is 11.1 Å². The van der Waals surface area contributed by atoms with Crippen molar-refractivity contribution >= 4 is 21.7 Å². The first-order valence-electron chi connectivity index (χ1n) is 5.00. The molecule has 0 unspecified atom stereocenters. The molecule has 5 heteroatoms. The van der Waals surface area contributed by atoms with Gasteiger partial charge < -0.3 is 9.97 Å². The van der Waals surface area contributed by atoms with Crippen molar-refractivity contribution in [1.29, 1.82) is 0 Å². The summed E-state index contributed by atoms with van der Waals surface area (Å²) < 4.78 is 13.2. The number of benzene rings is 1. The maximum absolute atomic E-state index is 13.2. The van der Waals surface area contributed by atoms with Crippen molar-refractivity contribution in [2.45, 2.75) is 0 Å². The number of aromatic amines is 2. The Bertz CT molecular complexity index is 846. The molecule has 0 bridgehead atoms. The van der Waals surface area contributed by atoms with E-state index in [0.29, 0.717) is 21.7 Å². The Kier molecular flexibility index (Phi) is 1.89. The van der Waals surface area contributed by atoms with E-state index in [4.69, 9.17) is 0 Å². The van der Waals surface area contributed by atoms with E-state index < -0.39 is 5.82 Å². The van der Waals surface area contributed by atoms with Crippen LogP contribution < -0.4 is 11.1 Å². The number of fused-ring (bicyclic) bond motifs is 3. The molecular formula is C12H7FN2O2. The second-order valence-electron chi connectivity index (χ2n) is 3.74. The van der Waals surface area contributed by atoms with Gasteiger partial charge in [-0.2, -0.15) is 0 Å². The molecule has 17 heavy (non-hydrogen) atoms. The van der Waals surface area contributed by atoms with Gasteiger partial charge in [0.05, 0.1) is 10.9 Å². The molecule has 1 aromatic carbocycles. The summed E-state index contributed by atoms with van der Waals surface area (Å²) >= 11 is 0. The summed E-state index contributed by atoms with van der Waals surface area (Å²) in [6.45, 7) is 0. The summed E-state index contributed by atoms with van der Waals surface area (Å²) in [5, 5.41) is 0.919. The minimum atomic E-state index is -0.479. The predicted octanol–water partition coefficient (Wildman–Crippen LogP) is 1.51. The highest BCUT2D eigenvalue weighted by Gasteiger charge is 2.08. The second-order valence-corrected chi connectivity index (χ2v) is 3.74. The monoisotopic (exact) mass is 230 g/mol. The van der Waals surface area contributed by atoms with Gasteiger partial charge in [-0.15, -0.1) is 0 Å². The summed E-state index contributed by atoms with van der Waals surface area (Å²) in [6, 6.07) is 5.33. The van der Waals surface area contributed by atoms with Crippen LogP contribution in [0.2, 0.25) is 0 Å². The quantitative estimate of drug-likeness (QED) is 0.575. The highest BCUT2D eigenvalue weighted by molar-refractivity contribution is 6.04. The molecule has 84 valence electrons. The summed E-state index contributed by atoms with van der Waals surface area (Å²) in [4.78, 5) is 28.5. The maximum Gasteiger partial charge on any atom is 0.257 e. The fourth-order valence-corrected chi connectivity index (χ4v) is 1.96. The molecule has 0 saturated carbocycles. The first kappa shape index (κ1) is 9.77. The van der Waals surface area contributed by atoms with Gasteiger partial charge in [-0.25, -0.2) is 4.39 Å². The van der Waals surface area contributed by atoms with Crippen LogP contribution in [0, 0.1) is 5.82 Å². The lowest BCUT2D eigenvalue weighted by atomic mass is 10.1. The van der Waals surface area contributed by atoms with Crippen LogP contribution in [0.25, 0.3) is 21.7 Å². The third kappa shape index (κ3) is 1.36. The number of halogens is 1. The number of nitrogens with one attached hydrogen (secondary N) is 2. The number of pyridine rings is 2. The normalized spacial score (nSPS) is 11.1. The van der Waals surface area contributed by atoms with Crippen LogP contribution in [0.1, 0.15) is 0 Å². The van der Waals surface area contributed by atoms with E-state index in [9.17, 15) is 14.0 Å². The van der Waals surface area contributed by atoms with Crippen LogP contribution in [0.4, 0.5) is 4.39 Å². The average Bonchev–Trinajstić information content (AvgIpc) is 2.28. The standard InChI is InChI=1S/C12H7FN2O2/c13-6-1-2-7-8(5-6)10-9(15-11(7)16)3-4-14-12(10)17/h1-5H,(H,14,17)(H,15,16). The highest BCUT2D eigenvalue weighted by atomic mass is 19.1. The van der Waals surface area contributed by atoms with Gasteiger partial charge in [-0.1, -0.05) is 0 Å². The number of hydrogen-bond acceptors (Lipinski definition) is 2. The highest BCUT2D eigenvalue weighted by Crippen LogP contribution is 2.18. The average molecular weight is 230 g/mol. The van der Waals surface area contributed by atoms with Gasteiger partial charge >= 0.3 is 0 Å². The molecule has 0 amide bonds. The zero-order valence-electron chi connectivity index (χ0n) is 8.58. The van der Waals surface area contributed by atoms with E-state index in [2.05, 4.69) is 9.97 Å². The smallest absolute Gasteiger partial charge is 0.257 e. The van der Waals surface area contributed by atoms with Gasteiger partial charge in [0, 0.05) is 17.0 Å². The van der Waals surface area contributed by atoms with Crippen molar-refractivity contribution in [2.24, 2.45) is 0 Å². The zero-order valence-corrected chi connectivity index (χ0v) is 8.58. The van der Waals surface area contributed by atoms with Gasteiger partial charge in [0.1, 0.15) is 5.82 Å². The predicted molar refractivity (Wildman–Crippen MR) is 62.7 cm³/mol. The van der Waals surface area contributed by atoms with Crippen LogP contribution in [0.15, 0.2) is 40.1 Å². The molecule has 2 aromatic heterocycles. The molecule has 0 radical (unpaired) electrons. The lowest BCUT2D eigenvalue weighted by molar-refractivity contribution is 0.630. The SMILES string of the molecule is O=c1[nH]c2cc[nH]c(=O)c2c2cc(F)ccc12. The molecule has 0 spiro atoms. The second kappa shape index (κ2) is 3.28. The Hall–Kier alpha value is -2.43. The summed E-state index contributed by atoms with van der Waals surface area (Å²) in [7, 11) is 0. The lowest BCUT2D eigenvalue weighted by Crippen LogP contribution is -2.12. The molecule has 0 atom stereocenters. The van der Waals surface area contributed by atoms with E-state index in [-0.39, 0.29) is 11.1 Å². The van der Waals surface area contributed by atoms with E-state index in [1.165, 1.54) is 24.4 Å². The molecule has 4 nitrogen and oxygen atoms in total. The van der Waals surface area contributed by atoms with Crippen LogP contribution in [0.5, 0.6) is 0 Å². The van der Waals surface area contributed by atoms with Crippen LogP contribution >= 0.6 is 0 Å². The molecule has 2 N–H and O–H groups in total. The van der Waals surface area contributed by atoms with Crippen LogP contribution in [-0.4, -0.2) is 9.97 Å². The Balaban J connectivity index is 2.75. The lowest BCUT2D eigenvalue weighted by Gasteiger charge is -2.02. The van der Waals surface area contributed by atoms with Crippen molar-refractivity contribution in [1.82, 2.24) is 9.97 Å². The summed E-state index contributed by atoms with van der Waals surface area (Å²) in [6.07, 6.45) is 1.44. The zero-order chi connectivity index (χ0) is 12.0. The van der Waals surface area contributed by atoms with Crippen molar-refractivity contribution in [2.75, 3.05) is 0 Å². The molecule has 2 heterocycles. The summed E-state index contributed by atoms with van der Waals surface area (Å²) in [5.74, 6) is -0.479. The van der Waals surface area contributed by atoms with Crippen molar-refractivity contribution in [3.8, 4) is 0 Å². The molecule has 0 aliphatic carbocycles. The number of aromatic nitrogens is 2. The van der Waals surface area contributed by atoms with Crippen molar-refractivity contribution in [3.63, 3.8) is 0 Å². The van der Waals surface area contributed by atoms with E-state index in [1.807, 2.05) is 0 Å². The molecular weight excluding hydrogens is 223 g/mol. The number of rotatable bonds is 0. The minimum absolute atomic E-state index is 0.293. The van der Waals surface area contributed by atoms with Crippen LogP contribution in [0.3, 0.4) is 0 Å². The van der Waals surface area contributed by atoms with Crippen molar-refractivity contribution < 1.29 is 4.39 Å². The third-order valence-corrected chi connectivity index (χ3v) is 2.70. The largest absolute Gasteiger partial charge is 0.328 e.